The van der Waals surface area contributed by atoms with Crippen LogP contribution in [0.4, 0.5) is 5.13 Å². The molecule has 0 radical (unpaired) electrons. The lowest BCUT2D eigenvalue weighted by molar-refractivity contribution is 0.0987. The quantitative estimate of drug-likeness (QED) is 0.171. The first-order valence-electron chi connectivity index (χ1n) is 12.2. The van der Waals surface area contributed by atoms with E-state index in [1.54, 1.807) is 6.21 Å². The molecule has 0 N–H and O–H groups in total. The molecule has 0 fully saturated rings. The maximum absolute atomic E-state index is 13.7. The monoisotopic (exact) mass is 554 g/mol. The van der Waals surface area contributed by atoms with Gasteiger partial charge in [-0.1, -0.05) is 78.1 Å². The third-order valence-corrected chi connectivity index (χ3v) is 8.90. The maximum Gasteiger partial charge on any atom is 0.280 e. The van der Waals surface area contributed by atoms with Gasteiger partial charge in [0.25, 0.3) is 5.91 Å². The summed E-state index contributed by atoms with van der Waals surface area (Å²) in [7, 11) is -2.21. The van der Waals surface area contributed by atoms with Crippen molar-refractivity contribution in [1.82, 2.24) is 9.29 Å². The molecule has 0 saturated carbocycles. The van der Waals surface area contributed by atoms with Gasteiger partial charge in [0.2, 0.25) is 15.2 Å². The van der Waals surface area contributed by atoms with Crippen LogP contribution in [0, 0.1) is 6.92 Å². The van der Waals surface area contributed by atoms with E-state index in [-0.39, 0.29) is 11.4 Å². The molecule has 1 heterocycles. The first-order valence-corrected chi connectivity index (χ1v) is 14.5. The van der Waals surface area contributed by atoms with E-state index in [2.05, 4.69) is 10.1 Å². The fourth-order valence-electron chi connectivity index (χ4n) is 3.96. The Morgan fingerprint density at radius 1 is 0.923 bits per heavy atom. The molecule has 196 valence electrons. The summed E-state index contributed by atoms with van der Waals surface area (Å²) in [6, 6.07) is 30.7. The van der Waals surface area contributed by atoms with E-state index >= 15 is 0 Å². The molecule has 4 aromatic carbocycles. The number of sulfonamides is 1. The number of rotatable bonds is 8. The van der Waals surface area contributed by atoms with Crippen LogP contribution in [0.15, 0.2) is 113 Å². The molecule has 0 atom stereocenters. The zero-order chi connectivity index (χ0) is 27.4. The summed E-state index contributed by atoms with van der Waals surface area (Å²) >= 11 is 1.37. The highest BCUT2D eigenvalue weighted by Gasteiger charge is 2.24. The molecule has 0 aliphatic carbocycles. The maximum atomic E-state index is 13.7. The van der Waals surface area contributed by atoms with Gasteiger partial charge >= 0.3 is 0 Å². The number of hydrogen-bond acceptors (Lipinski definition) is 6. The van der Waals surface area contributed by atoms with Crippen LogP contribution in [0.25, 0.3) is 10.2 Å². The van der Waals surface area contributed by atoms with Crippen LogP contribution in [-0.4, -0.2) is 36.9 Å². The minimum Gasteiger partial charge on any atom is -0.267 e. The number of hydrogen-bond donors (Lipinski definition) is 0. The Balaban J connectivity index is 1.44. The minimum absolute atomic E-state index is 0.104. The lowest BCUT2D eigenvalue weighted by Gasteiger charge is -2.18. The number of hydrazone groups is 1. The Morgan fingerprint density at radius 3 is 2.28 bits per heavy atom. The first-order chi connectivity index (χ1) is 18.8. The van der Waals surface area contributed by atoms with Crippen molar-refractivity contribution in [1.29, 1.82) is 0 Å². The molecule has 1 amide bonds. The molecule has 0 saturated heterocycles. The summed E-state index contributed by atoms with van der Waals surface area (Å²) in [5.74, 6) is -0.417. The van der Waals surface area contributed by atoms with Crippen molar-refractivity contribution in [3.05, 3.63) is 125 Å². The normalized spacial score (nSPS) is 11.9. The van der Waals surface area contributed by atoms with Gasteiger partial charge in [0, 0.05) is 19.2 Å². The molecule has 0 bridgehead atoms. The molecule has 1 aromatic heterocycles. The Bertz CT molecular complexity index is 1730. The molecule has 0 aliphatic rings. The van der Waals surface area contributed by atoms with Crippen molar-refractivity contribution in [2.45, 2.75) is 18.4 Å². The lowest BCUT2D eigenvalue weighted by atomic mass is 10.2. The van der Waals surface area contributed by atoms with Crippen LogP contribution < -0.4 is 5.01 Å². The third kappa shape index (κ3) is 5.96. The molecule has 0 aliphatic heterocycles. The van der Waals surface area contributed by atoms with Crippen LogP contribution in [0.1, 0.15) is 27.0 Å². The first kappa shape index (κ1) is 26.4. The van der Waals surface area contributed by atoms with Gasteiger partial charge in [0.15, 0.2) is 0 Å². The van der Waals surface area contributed by atoms with Crippen LogP contribution in [-0.2, 0) is 16.6 Å². The Kier molecular flexibility index (Phi) is 7.65. The van der Waals surface area contributed by atoms with Crippen molar-refractivity contribution in [3.8, 4) is 0 Å². The number of anilines is 1. The van der Waals surface area contributed by atoms with Crippen LogP contribution in [0.3, 0.4) is 0 Å². The topological polar surface area (TPSA) is 82.9 Å². The van der Waals surface area contributed by atoms with Crippen molar-refractivity contribution >= 4 is 48.8 Å². The highest BCUT2D eigenvalue weighted by Crippen LogP contribution is 2.31. The molecule has 0 unspecified atom stereocenters. The number of aryl methyl sites for hydroxylation is 1. The molecular weight excluding hydrogens is 528 g/mol. The largest absolute Gasteiger partial charge is 0.280 e. The number of carbonyl (C=O) groups excluding carboxylic acids is 1. The number of carbonyl (C=O) groups is 1. The van der Waals surface area contributed by atoms with E-state index in [0.717, 1.165) is 26.9 Å². The van der Waals surface area contributed by atoms with Crippen LogP contribution in [0.2, 0.25) is 0 Å². The Labute approximate surface area is 231 Å². The number of fused-ring (bicyclic) bond motifs is 1. The van der Waals surface area contributed by atoms with Crippen LogP contribution in [0.5, 0.6) is 0 Å². The van der Waals surface area contributed by atoms with E-state index in [0.29, 0.717) is 10.7 Å². The average molecular weight is 555 g/mol. The Morgan fingerprint density at radius 2 is 1.59 bits per heavy atom. The summed E-state index contributed by atoms with van der Waals surface area (Å²) in [5, 5.41) is 6.17. The molecule has 7 nitrogen and oxygen atoms in total. The van der Waals surface area contributed by atoms with Gasteiger partial charge in [-0.2, -0.15) is 14.4 Å². The predicted octanol–water partition coefficient (Wildman–Crippen LogP) is 6.11. The highest BCUT2D eigenvalue weighted by molar-refractivity contribution is 7.89. The number of amides is 1. The third-order valence-electron chi connectivity index (χ3n) is 6.09. The number of thiazole rings is 1. The van der Waals surface area contributed by atoms with Gasteiger partial charge in [-0.05, 0) is 60.0 Å². The summed E-state index contributed by atoms with van der Waals surface area (Å²) in [6.45, 7) is 2.24. The summed E-state index contributed by atoms with van der Waals surface area (Å²) < 4.78 is 28.6. The molecular formula is C30H26N4O3S2. The average Bonchev–Trinajstić information content (AvgIpc) is 3.37. The predicted molar refractivity (Wildman–Crippen MR) is 157 cm³/mol. The van der Waals surface area contributed by atoms with E-state index in [1.165, 1.54) is 52.0 Å². The van der Waals surface area contributed by atoms with Crippen molar-refractivity contribution in [2.24, 2.45) is 5.10 Å². The van der Waals surface area contributed by atoms with E-state index in [1.807, 2.05) is 85.8 Å². The smallest absolute Gasteiger partial charge is 0.267 e. The van der Waals surface area contributed by atoms with Crippen molar-refractivity contribution in [3.63, 3.8) is 0 Å². The number of benzene rings is 4. The highest BCUT2D eigenvalue weighted by atomic mass is 32.2. The SMILES string of the molecule is Cc1ccc2nc(N(/N=C/c3ccccc3)C(=O)c3ccc(S(=O)(=O)N(C)Cc4ccccc4)cc3)sc2c1. The fourth-order valence-corrected chi connectivity index (χ4v) is 6.14. The summed E-state index contributed by atoms with van der Waals surface area (Å²) in [6.07, 6.45) is 1.60. The number of aromatic nitrogens is 1. The molecule has 39 heavy (non-hydrogen) atoms. The molecule has 0 spiro atoms. The minimum atomic E-state index is -3.75. The second kappa shape index (κ2) is 11.3. The van der Waals surface area contributed by atoms with Gasteiger partial charge in [-0.15, -0.1) is 0 Å². The van der Waals surface area contributed by atoms with Gasteiger partial charge in [0.05, 0.1) is 21.3 Å². The second-order valence-corrected chi connectivity index (χ2v) is 12.1. The van der Waals surface area contributed by atoms with Crippen molar-refractivity contribution in [2.75, 3.05) is 12.1 Å². The summed E-state index contributed by atoms with van der Waals surface area (Å²) in [5.41, 5.74) is 3.87. The zero-order valence-electron chi connectivity index (χ0n) is 21.4. The van der Waals surface area contributed by atoms with Gasteiger partial charge in [0.1, 0.15) is 0 Å². The molecule has 5 aromatic rings. The zero-order valence-corrected chi connectivity index (χ0v) is 23.1. The van der Waals surface area contributed by atoms with Gasteiger partial charge < -0.3 is 0 Å². The fraction of sp³-hybridized carbons (Fsp3) is 0.100. The van der Waals surface area contributed by atoms with Gasteiger partial charge in [-0.25, -0.2) is 13.4 Å². The molecule has 9 heteroatoms. The Hall–Kier alpha value is -4.18. The van der Waals surface area contributed by atoms with E-state index < -0.39 is 15.9 Å². The lowest BCUT2D eigenvalue weighted by Crippen LogP contribution is -2.27. The summed E-state index contributed by atoms with van der Waals surface area (Å²) in [4.78, 5) is 18.4. The second-order valence-electron chi connectivity index (χ2n) is 9.01. The van der Waals surface area contributed by atoms with Gasteiger partial charge in [-0.3, -0.25) is 4.79 Å². The number of nitrogens with zero attached hydrogens (tertiary/aromatic N) is 4. The van der Waals surface area contributed by atoms with Crippen LogP contribution >= 0.6 is 11.3 Å². The standard InChI is InChI=1S/C30H26N4O3S2/c1-22-13-18-27-28(19-22)38-30(32-27)34(31-20-23-9-5-3-6-10-23)29(35)25-14-16-26(17-15-25)39(36,37)33(2)21-24-11-7-4-8-12-24/h3-20H,21H2,1-2H3/b31-20+. The molecule has 5 rings (SSSR count). The van der Waals surface area contributed by atoms with Crippen molar-refractivity contribution < 1.29 is 13.2 Å². The van der Waals surface area contributed by atoms with E-state index in [9.17, 15) is 13.2 Å². The van der Waals surface area contributed by atoms with E-state index in [4.69, 9.17) is 0 Å².